The lowest BCUT2D eigenvalue weighted by atomic mass is 9.92. The molecule has 0 aliphatic carbocycles. The van der Waals surface area contributed by atoms with Crippen LogP contribution in [0.2, 0.25) is 0 Å². The monoisotopic (exact) mass is 226 g/mol. The summed E-state index contributed by atoms with van der Waals surface area (Å²) < 4.78 is 0. The third-order valence-electron chi connectivity index (χ3n) is 3.65. The standard InChI is InChI=1S/C13H26N2O/c1-5-13(8-6-9-14-13)12(16)15(4)10-7-11(2)3/h11,14H,5-10H2,1-4H3. The summed E-state index contributed by atoms with van der Waals surface area (Å²) in [7, 11) is 1.93. The molecule has 1 aliphatic heterocycles. The highest BCUT2D eigenvalue weighted by Crippen LogP contribution is 2.25. The summed E-state index contributed by atoms with van der Waals surface area (Å²) in [6.45, 7) is 8.35. The minimum absolute atomic E-state index is 0.258. The number of likely N-dealkylation sites (N-methyl/N-ethyl adjacent to an activating group) is 1. The average molecular weight is 226 g/mol. The Hall–Kier alpha value is -0.570. The Labute approximate surface area is 99.6 Å². The van der Waals surface area contributed by atoms with Crippen LogP contribution in [0, 0.1) is 5.92 Å². The molecule has 0 aromatic rings. The van der Waals surface area contributed by atoms with Gasteiger partial charge in [-0.2, -0.15) is 0 Å². The van der Waals surface area contributed by atoms with Crippen LogP contribution in [0.15, 0.2) is 0 Å². The fraction of sp³-hybridized carbons (Fsp3) is 0.923. The van der Waals surface area contributed by atoms with Crippen molar-refractivity contribution in [1.82, 2.24) is 10.2 Å². The van der Waals surface area contributed by atoms with E-state index in [1.165, 1.54) is 0 Å². The fourth-order valence-electron chi connectivity index (χ4n) is 2.36. The predicted molar refractivity (Wildman–Crippen MR) is 67.4 cm³/mol. The summed E-state index contributed by atoms with van der Waals surface area (Å²) in [6.07, 6.45) is 4.10. The zero-order valence-electron chi connectivity index (χ0n) is 11.2. The van der Waals surface area contributed by atoms with Crippen molar-refractivity contribution in [3.05, 3.63) is 0 Å². The number of amides is 1. The highest BCUT2D eigenvalue weighted by atomic mass is 16.2. The van der Waals surface area contributed by atoms with Crippen molar-refractivity contribution in [1.29, 1.82) is 0 Å². The molecule has 0 saturated carbocycles. The van der Waals surface area contributed by atoms with E-state index in [-0.39, 0.29) is 11.4 Å². The van der Waals surface area contributed by atoms with Crippen LogP contribution in [-0.4, -0.2) is 36.5 Å². The van der Waals surface area contributed by atoms with E-state index in [2.05, 4.69) is 26.1 Å². The second-order valence-corrected chi connectivity index (χ2v) is 5.38. The van der Waals surface area contributed by atoms with Crippen LogP contribution in [0.25, 0.3) is 0 Å². The molecule has 1 rings (SSSR count). The zero-order valence-corrected chi connectivity index (χ0v) is 11.2. The van der Waals surface area contributed by atoms with E-state index in [4.69, 9.17) is 0 Å². The summed E-state index contributed by atoms with van der Waals surface area (Å²) in [6, 6.07) is 0. The molecule has 0 bridgehead atoms. The normalized spacial score (nSPS) is 25.1. The fourth-order valence-corrected chi connectivity index (χ4v) is 2.36. The molecule has 0 spiro atoms. The summed E-state index contributed by atoms with van der Waals surface area (Å²) in [5.74, 6) is 0.942. The molecule has 1 amide bonds. The minimum Gasteiger partial charge on any atom is -0.344 e. The van der Waals surface area contributed by atoms with Crippen LogP contribution in [0.3, 0.4) is 0 Å². The van der Waals surface area contributed by atoms with Crippen LogP contribution in [0.1, 0.15) is 46.5 Å². The number of rotatable bonds is 5. The maximum absolute atomic E-state index is 12.4. The lowest BCUT2D eigenvalue weighted by Gasteiger charge is -2.32. The molecule has 1 N–H and O–H groups in total. The van der Waals surface area contributed by atoms with Crippen LogP contribution in [0.4, 0.5) is 0 Å². The van der Waals surface area contributed by atoms with E-state index in [0.29, 0.717) is 5.92 Å². The molecular formula is C13H26N2O. The van der Waals surface area contributed by atoms with Crippen LogP contribution >= 0.6 is 0 Å². The zero-order chi connectivity index (χ0) is 12.2. The first-order chi connectivity index (χ1) is 7.52. The van der Waals surface area contributed by atoms with Crippen molar-refractivity contribution < 1.29 is 4.79 Å². The maximum atomic E-state index is 12.4. The molecule has 3 heteroatoms. The summed E-state index contributed by atoms with van der Waals surface area (Å²) in [5, 5.41) is 3.40. The highest BCUT2D eigenvalue weighted by molar-refractivity contribution is 5.86. The van der Waals surface area contributed by atoms with E-state index in [1.807, 2.05) is 11.9 Å². The van der Waals surface area contributed by atoms with Gasteiger partial charge < -0.3 is 10.2 Å². The van der Waals surface area contributed by atoms with Crippen molar-refractivity contribution in [3.8, 4) is 0 Å². The number of nitrogens with one attached hydrogen (secondary N) is 1. The number of hydrogen-bond donors (Lipinski definition) is 1. The quantitative estimate of drug-likeness (QED) is 0.778. The van der Waals surface area contributed by atoms with E-state index in [9.17, 15) is 4.79 Å². The van der Waals surface area contributed by atoms with Crippen LogP contribution in [-0.2, 0) is 4.79 Å². The minimum atomic E-state index is -0.258. The summed E-state index contributed by atoms with van der Waals surface area (Å²) in [5.41, 5.74) is -0.258. The first-order valence-electron chi connectivity index (χ1n) is 6.52. The van der Waals surface area contributed by atoms with E-state index in [0.717, 1.165) is 38.8 Å². The Bertz CT molecular complexity index is 232. The lowest BCUT2D eigenvalue weighted by molar-refractivity contribution is -0.136. The molecule has 1 saturated heterocycles. The van der Waals surface area contributed by atoms with Gasteiger partial charge in [-0.25, -0.2) is 0 Å². The molecule has 1 atom stereocenters. The number of nitrogens with zero attached hydrogens (tertiary/aromatic N) is 1. The third kappa shape index (κ3) is 2.97. The molecule has 1 unspecified atom stereocenters. The van der Waals surface area contributed by atoms with Gasteiger partial charge in [-0.3, -0.25) is 4.79 Å². The molecule has 16 heavy (non-hydrogen) atoms. The smallest absolute Gasteiger partial charge is 0.242 e. The summed E-state index contributed by atoms with van der Waals surface area (Å²) in [4.78, 5) is 14.3. The van der Waals surface area contributed by atoms with Gasteiger partial charge in [0, 0.05) is 13.6 Å². The third-order valence-corrected chi connectivity index (χ3v) is 3.65. The van der Waals surface area contributed by atoms with Gasteiger partial charge in [0.15, 0.2) is 0 Å². The highest BCUT2D eigenvalue weighted by Gasteiger charge is 2.40. The molecular weight excluding hydrogens is 200 g/mol. The first-order valence-corrected chi connectivity index (χ1v) is 6.52. The second kappa shape index (κ2) is 5.67. The molecule has 3 nitrogen and oxygen atoms in total. The molecule has 1 aliphatic rings. The van der Waals surface area contributed by atoms with E-state index in [1.54, 1.807) is 0 Å². The average Bonchev–Trinajstić information content (AvgIpc) is 2.74. The number of hydrogen-bond acceptors (Lipinski definition) is 2. The lowest BCUT2D eigenvalue weighted by Crippen LogP contribution is -2.53. The van der Waals surface area contributed by atoms with Crippen molar-refractivity contribution in [2.24, 2.45) is 5.92 Å². The molecule has 0 radical (unpaired) electrons. The van der Waals surface area contributed by atoms with Gasteiger partial charge in [0.05, 0.1) is 5.54 Å². The van der Waals surface area contributed by atoms with Gasteiger partial charge in [-0.05, 0) is 38.1 Å². The number of carbonyl (C=O) groups is 1. The number of carbonyl (C=O) groups excluding carboxylic acids is 1. The van der Waals surface area contributed by atoms with Crippen molar-refractivity contribution in [2.45, 2.75) is 52.0 Å². The predicted octanol–water partition coefficient (Wildman–Crippen LogP) is 2.02. The molecule has 94 valence electrons. The van der Waals surface area contributed by atoms with Gasteiger partial charge in [-0.15, -0.1) is 0 Å². The SMILES string of the molecule is CCC1(C(=O)N(C)CCC(C)C)CCCN1. The maximum Gasteiger partial charge on any atom is 0.242 e. The van der Waals surface area contributed by atoms with Crippen molar-refractivity contribution in [3.63, 3.8) is 0 Å². The Morgan fingerprint density at radius 3 is 2.62 bits per heavy atom. The Morgan fingerprint density at radius 1 is 1.50 bits per heavy atom. The molecule has 1 heterocycles. The van der Waals surface area contributed by atoms with E-state index < -0.39 is 0 Å². The summed E-state index contributed by atoms with van der Waals surface area (Å²) >= 11 is 0. The Kier molecular flexibility index (Phi) is 4.78. The topological polar surface area (TPSA) is 32.3 Å². The van der Waals surface area contributed by atoms with Crippen LogP contribution < -0.4 is 5.32 Å². The molecule has 1 fully saturated rings. The van der Waals surface area contributed by atoms with Gasteiger partial charge in [0.1, 0.15) is 0 Å². The first kappa shape index (κ1) is 13.5. The molecule has 0 aromatic carbocycles. The van der Waals surface area contributed by atoms with Crippen molar-refractivity contribution in [2.75, 3.05) is 20.1 Å². The Morgan fingerprint density at radius 2 is 2.19 bits per heavy atom. The molecule has 0 aromatic heterocycles. The largest absolute Gasteiger partial charge is 0.344 e. The van der Waals surface area contributed by atoms with Crippen LogP contribution in [0.5, 0.6) is 0 Å². The van der Waals surface area contributed by atoms with Crippen molar-refractivity contribution >= 4 is 5.91 Å². The van der Waals surface area contributed by atoms with Gasteiger partial charge in [0.2, 0.25) is 5.91 Å². The van der Waals surface area contributed by atoms with Gasteiger partial charge in [0.25, 0.3) is 0 Å². The van der Waals surface area contributed by atoms with E-state index >= 15 is 0 Å². The Balaban J connectivity index is 2.54. The second-order valence-electron chi connectivity index (χ2n) is 5.38. The van der Waals surface area contributed by atoms with Gasteiger partial charge >= 0.3 is 0 Å². The van der Waals surface area contributed by atoms with Gasteiger partial charge in [-0.1, -0.05) is 20.8 Å².